The van der Waals surface area contributed by atoms with E-state index in [1.807, 2.05) is 42.2 Å². The number of nitrogens with one attached hydrogen (secondary N) is 1. The topological polar surface area (TPSA) is 86.4 Å². The Balaban J connectivity index is 1.45. The number of fused-ring (bicyclic) bond motifs is 3. The summed E-state index contributed by atoms with van der Waals surface area (Å²) in [5.74, 6) is -0.100. The quantitative estimate of drug-likeness (QED) is 0.427. The van der Waals surface area contributed by atoms with Crippen LogP contribution in [0.3, 0.4) is 0 Å². The lowest BCUT2D eigenvalue weighted by Gasteiger charge is -2.37. The van der Waals surface area contributed by atoms with Crippen LogP contribution in [-0.4, -0.2) is 60.6 Å². The second-order valence-corrected chi connectivity index (χ2v) is 12.4. The molecule has 1 aliphatic carbocycles. The second-order valence-electron chi connectivity index (χ2n) is 10.1. The van der Waals surface area contributed by atoms with Crippen molar-refractivity contribution < 1.29 is 13.2 Å². The maximum absolute atomic E-state index is 14.2. The number of aryl methyl sites for hydroxylation is 1. The van der Waals surface area contributed by atoms with Crippen LogP contribution in [0.1, 0.15) is 41.6 Å². The van der Waals surface area contributed by atoms with Gasteiger partial charge in [0.15, 0.2) is 9.84 Å². The minimum atomic E-state index is -3.36. The molecule has 2 aliphatic rings. The average molecular weight is 503 g/mol. The summed E-state index contributed by atoms with van der Waals surface area (Å²) in [7, 11) is -1.27. The van der Waals surface area contributed by atoms with Crippen LogP contribution in [0.2, 0.25) is 0 Å². The van der Waals surface area contributed by atoms with Gasteiger partial charge in [0.2, 0.25) is 0 Å². The van der Waals surface area contributed by atoms with E-state index in [0.29, 0.717) is 29.0 Å². The lowest BCUT2D eigenvalue weighted by molar-refractivity contribution is 0.0963. The third-order valence-electron chi connectivity index (χ3n) is 7.70. The molecule has 2 fully saturated rings. The molecule has 36 heavy (non-hydrogen) atoms. The van der Waals surface area contributed by atoms with Crippen molar-refractivity contribution in [2.24, 2.45) is 0 Å². The van der Waals surface area contributed by atoms with Gasteiger partial charge in [0, 0.05) is 34.3 Å². The monoisotopic (exact) mass is 502 g/mol. The number of nitrogens with zero attached hydrogens (tertiary/aromatic N) is 3. The van der Waals surface area contributed by atoms with Crippen molar-refractivity contribution in [1.82, 2.24) is 14.9 Å². The van der Waals surface area contributed by atoms with E-state index in [2.05, 4.69) is 21.9 Å². The van der Waals surface area contributed by atoms with Crippen molar-refractivity contribution in [3.8, 4) is 0 Å². The smallest absolute Gasteiger partial charge is 0.258 e. The molecule has 0 bridgehead atoms. The molecule has 0 atom stereocenters. The summed E-state index contributed by atoms with van der Waals surface area (Å²) in [6.07, 6.45) is 4.84. The Kier molecular flexibility index (Phi) is 5.61. The third-order valence-corrected chi connectivity index (χ3v) is 9.96. The summed E-state index contributed by atoms with van der Waals surface area (Å²) in [6, 6.07) is 14.8. The van der Waals surface area contributed by atoms with Crippen molar-refractivity contribution in [3.05, 3.63) is 65.9 Å². The SMILES string of the molecule is Cc1c(C(=O)N(c2cccc(S(=O)(=O)C3CC3)c2)C2CCN(C)CC2)ccc2c1[nH]c1ncccc12. The Morgan fingerprint density at radius 2 is 1.81 bits per heavy atom. The third kappa shape index (κ3) is 3.89. The van der Waals surface area contributed by atoms with Gasteiger partial charge in [0.05, 0.1) is 15.7 Å². The van der Waals surface area contributed by atoms with Gasteiger partial charge in [0.1, 0.15) is 5.65 Å². The number of aromatic amines is 1. The molecular weight excluding hydrogens is 472 g/mol. The number of carbonyl (C=O) groups is 1. The molecule has 4 aromatic rings. The van der Waals surface area contributed by atoms with E-state index in [4.69, 9.17) is 0 Å². The number of likely N-dealkylation sites (tertiary alicyclic amines) is 1. The summed E-state index contributed by atoms with van der Waals surface area (Å²) >= 11 is 0. The predicted molar refractivity (Wildman–Crippen MR) is 142 cm³/mol. The zero-order valence-electron chi connectivity index (χ0n) is 20.6. The molecule has 186 valence electrons. The molecule has 2 aromatic heterocycles. The molecule has 2 aromatic carbocycles. The molecule has 1 saturated heterocycles. The Labute approximate surface area is 211 Å². The van der Waals surface area contributed by atoms with Crippen molar-refractivity contribution in [2.45, 2.75) is 48.8 Å². The zero-order chi connectivity index (χ0) is 25.0. The molecule has 0 spiro atoms. The normalized spacial score (nSPS) is 17.6. The number of sulfone groups is 1. The molecule has 0 unspecified atom stereocenters. The van der Waals surface area contributed by atoms with E-state index in [-0.39, 0.29) is 17.2 Å². The van der Waals surface area contributed by atoms with E-state index in [9.17, 15) is 13.2 Å². The van der Waals surface area contributed by atoms with Crippen LogP contribution < -0.4 is 4.90 Å². The number of anilines is 1. The number of hydrogen-bond donors (Lipinski definition) is 1. The Hall–Kier alpha value is -3.23. The Morgan fingerprint density at radius 1 is 1.03 bits per heavy atom. The molecule has 1 amide bonds. The second kappa shape index (κ2) is 8.71. The first kappa shape index (κ1) is 23.2. The fraction of sp³-hybridized carbons (Fsp3) is 0.357. The maximum atomic E-state index is 14.2. The van der Waals surface area contributed by atoms with Gasteiger partial charge in [-0.2, -0.15) is 0 Å². The number of amides is 1. The van der Waals surface area contributed by atoms with Crippen molar-refractivity contribution in [3.63, 3.8) is 0 Å². The summed E-state index contributed by atoms with van der Waals surface area (Å²) < 4.78 is 26.0. The van der Waals surface area contributed by atoms with Crippen molar-refractivity contribution >= 4 is 43.4 Å². The van der Waals surface area contributed by atoms with E-state index >= 15 is 0 Å². The first-order chi connectivity index (χ1) is 17.3. The van der Waals surface area contributed by atoms with Gasteiger partial charge in [-0.15, -0.1) is 0 Å². The first-order valence-electron chi connectivity index (χ1n) is 12.6. The van der Waals surface area contributed by atoms with Gasteiger partial charge in [-0.1, -0.05) is 12.1 Å². The summed E-state index contributed by atoms with van der Waals surface area (Å²) in [5, 5.41) is 1.77. The van der Waals surface area contributed by atoms with Gasteiger partial charge in [0.25, 0.3) is 5.91 Å². The van der Waals surface area contributed by atoms with Crippen LogP contribution in [0.25, 0.3) is 21.9 Å². The average Bonchev–Trinajstić information content (AvgIpc) is 3.68. The number of piperidine rings is 1. The van der Waals surface area contributed by atoms with E-state index in [1.54, 1.807) is 24.4 Å². The van der Waals surface area contributed by atoms with Crippen LogP contribution in [-0.2, 0) is 9.84 Å². The number of pyridine rings is 1. The van der Waals surface area contributed by atoms with Crippen LogP contribution in [0.15, 0.2) is 59.6 Å². The van der Waals surface area contributed by atoms with Crippen LogP contribution in [0.4, 0.5) is 5.69 Å². The largest absolute Gasteiger partial charge is 0.339 e. The minimum absolute atomic E-state index is 0.00735. The van der Waals surface area contributed by atoms with Gasteiger partial charge >= 0.3 is 0 Å². The molecule has 8 heteroatoms. The number of H-pyrrole nitrogens is 1. The zero-order valence-corrected chi connectivity index (χ0v) is 21.4. The molecule has 6 rings (SSSR count). The fourth-order valence-electron chi connectivity index (χ4n) is 5.43. The molecule has 1 aliphatic heterocycles. The highest BCUT2D eigenvalue weighted by Gasteiger charge is 2.38. The molecule has 1 saturated carbocycles. The molecule has 3 heterocycles. The van der Waals surface area contributed by atoms with Gasteiger partial charge in [-0.25, -0.2) is 13.4 Å². The van der Waals surface area contributed by atoms with Crippen LogP contribution >= 0.6 is 0 Å². The van der Waals surface area contributed by atoms with Crippen molar-refractivity contribution in [2.75, 3.05) is 25.0 Å². The number of aromatic nitrogens is 2. The van der Waals surface area contributed by atoms with Gasteiger partial charge in [-0.05, 0) is 94.7 Å². The lowest BCUT2D eigenvalue weighted by Crippen LogP contribution is -2.47. The Bertz CT molecular complexity index is 1580. The first-order valence-corrected chi connectivity index (χ1v) is 14.1. The fourth-order valence-corrected chi connectivity index (χ4v) is 7.12. The standard InChI is InChI=1S/C28H30N4O3S/c1-18-23(10-11-24-25-7-4-14-29-27(25)30-26(18)24)28(33)32(19-12-15-31(2)16-13-19)20-5-3-6-22(17-20)36(34,35)21-8-9-21/h3-7,10-11,14,17,19,21H,8-9,12-13,15-16H2,1-2H3,(H,29,30). The van der Waals surface area contributed by atoms with E-state index < -0.39 is 9.84 Å². The van der Waals surface area contributed by atoms with E-state index in [0.717, 1.165) is 53.4 Å². The molecular formula is C28H30N4O3S. The molecule has 1 N–H and O–H groups in total. The van der Waals surface area contributed by atoms with E-state index in [1.165, 1.54) is 0 Å². The predicted octanol–water partition coefficient (Wildman–Crippen LogP) is 4.70. The number of benzene rings is 2. The highest BCUT2D eigenvalue weighted by Crippen LogP contribution is 2.36. The van der Waals surface area contributed by atoms with Crippen LogP contribution in [0.5, 0.6) is 0 Å². The summed E-state index contributed by atoms with van der Waals surface area (Å²) in [4.78, 5) is 26.5. The lowest BCUT2D eigenvalue weighted by atomic mass is 9.98. The highest BCUT2D eigenvalue weighted by molar-refractivity contribution is 7.92. The molecule has 7 nitrogen and oxygen atoms in total. The number of carbonyl (C=O) groups excluding carboxylic acids is 1. The molecule has 0 radical (unpaired) electrons. The minimum Gasteiger partial charge on any atom is -0.339 e. The summed E-state index contributed by atoms with van der Waals surface area (Å²) in [5.41, 5.74) is 3.83. The maximum Gasteiger partial charge on any atom is 0.258 e. The highest BCUT2D eigenvalue weighted by atomic mass is 32.2. The van der Waals surface area contributed by atoms with Gasteiger partial charge < -0.3 is 14.8 Å². The number of hydrogen-bond acceptors (Lipinski definition) is 5. The Morgan fingerprint density at radius 3 is 2.56 bits per heavy atom. The summed E-state index contributed by atoms with van der Waals surface area (Å²) in [6.45, 7) is 3.74. The van der Waals surface area contributed by atoms with Crippen molar-refractivity contribution in [1.29, 1.82) is 0 Å². The number of rotatable bonds is 5. The van der Waals surface area contributed by atoms with Crippen LogP contribution in [0, 0.1) is 6.92 Å². The van der Waals surface area contributed by atoms with Gasteiger partial charge in [-0.3, -0.25) is 4.79 Å².